The van der Waals surface area contributed by atoms with Crippen molar-refractivity contribution in [1.29, 1.82) is 0 Å². The highest BCUT2D eigenvalue weighted by molar-refractivity contribution is 5.71. The van der Waals surface area contributed by atoms with Gasteiger partial charge in [-0.25, -0.2) is 0 Å². The largest absolute Gasteiger partial charge is 0.462 e. The molecule has 0 amide bonds. The lowest BCUT2D eigenvalue weighted by Crippen LogP contribution is -2.30. The van der Waals surface area contributed by atoms with E-state index < -0.39 is 6.10 Å². The first-order valence-corrected chi connectivity index (χ1v) is 32.0. The summed E-state index contributed by atoms with van der Waals surface area (Å²) in [6, 6.07) is 0. The molecule has 0 aromatic heterocycles. The summed E-state index contributed by atoms with van der Waals surface area (Å²) >= 11 is 0. The van der Waals surface area contributed by atoms with Crippen molar-refractivity contribution in [3.63, 3.8) is 0 Å². The molecule has 0 saturated heterocycles. The van der Waals surface area contributed by atoms with E-state index in [1.54, 1.807) is 0 Å². The van der Waals surface area contributed by atoms with Crippen LogP contribution in [0.1, 0.15) is 374 Å². The number of ether oxygens (including phenoxy) is 3. The van der Waals surface area contributed by atoms with Crippen molar-refractivity contribution in [3.05, 3.63) is 0 Å². The van der Waals surface area contributed by atoms with Crippen molar-refractivity contribution in [2.24, 2.45) is 0 Å². The third-order valence-corrected chi connectivity index (χ3v) is 14.9. The fourth-order valence-corrected chi connectivity index (χ4v) is 10.0. The molecule has 0 heterocycles. The average Bonchev–Trinajstić information content (AvgIpc) is 3.36. The van der Waals surface area contributed by atoms with Crippen LogP contribution in [0.5, 0.6) is 0 Å². The monoisotopic (exact) mass is 989 g/mol. The van der Waals surface area contributed by atoms with Gasteiger partial charge in [-0.1, -0.05) is 335 Å². The highest BCUT2D eigenvalue weighted by Gasteiger charge is 2.19. The Morgan fingerprint density at radius 1 is 0.229 bits per heavy atom. The molecular formula is C64H124O6. The number of carbonyl (C=O) groups excluding carboxylic acids is 3. The number of carbonyl (C=O) groups is 3. The topological polar surface area (TPSA) is 78.9 Å². The van der Waals surface area contributed by atoms with Crippen molar-refractivity contribution in [2.75, 3.05) is 13.2 Å². The third-order valence-electron chi connectivity index (χ3n) is 14.9. The van der Waals surface area contributed by atoms with Gasteiger partial charge >= 0.3 is 17.9 Å². The van der Waals surface area contributed by atoms with Gasteiger partial charge in [0.1, 0.15) is 13.2 Å². The maximum absolute atomic E-state index is 12.8. The normalized spacial score (nSPS) is 11.9. The van der Waals surface area contributed by atoms with Crippen LogP contribution in [0.4, 0.5) is 0 Å². The summed E-state index contributed by atoms with van der Waals surface area (Å²) in [7, 11) is 0. The maximum Gasteiger partial charge on any atom is 0.306 e. The van der Waals surface area contributed by atoms with E-state index >= 15 is 0 Å². The molecule has 6 nitrogen and oxygen atoms in total. The molecule has 0 spiro atoms. The number of hydrogen-bond donors (Lipinski definition) is 0. The van der Waals surface area contributed by atoms with Crippen LogP contribution < -0.4 is 0 Å². The van der Waals surface area contributed by atoms with Crippen molar-refractivity contribution in [2.45, 2.75) is 380 Å². The van der Waals surface area contributed by atoms with Crippen LogP contribution in [0.25, 0.3) is 0 Å². The molecule has 0 N–H and O–H groups in total. The van der Waals surface area contributed by atoms with Gasteiger partial charge < -0.3 is 14.2 Å². The van der Waals surface area contributed by atoms with Crippen LogP contribution in [-0.2, 0) is 28.6 Å². The lowest BCUT2D eigenvalue weighted by molar-refractivity contribution is -0.167. The molecule has 0 aromatic carbocycles. The number of unbranched alkanes of at least 4 members (excludes halogenated alkanes) is 49. The highest BCUT2D eigenvalue weighted by Crippen LogP contribution is 2.19. The first-order valence-electron chi connectivity index (χ1n) is 32.0. The Hall–Kier alpha value is -1.59. The molecule has 0 aromatic rings. The zero-order chi connectivity index (χ0) is 50.7. The van der Waals surface area contributed by atoms with Crippen LogP contribution in [0.15, 0.2) is 0 Å². The van der Waals surface area contributed by atoms with Crippen molar-refractivity contribution in [3.8, 4) is 0 Å². The lowest BCUT2D eigenvalue weighted by Gasteiger charge is -2.18. The highest BCUT2D eigenvalue weighted by atomic mass is 16.6. The second kappa shape index (κ2) is 60.0. The lowest BCUT2D eigenvalue weighted by atomic mass is 10.0. The molecule has 0 saturated carbocycles. The van der Waals surface area contributed by atoms with Crippen LogP contribution in [-0.4, -0.2) is 37.2 Å². The Morgan fingerprint density at radius 3 is 0.571 bits per heavy atom. The quantitative estimate of drug-likeness (QED) is 0.0343. The van der Waals surface area contributed by atoms with Gasteiger partial charge in [-0.15, -0.1) is 0 Å². The van der Waals surface area contributed by atoms with Gasteiger partial charge in [0.05, 0.1) is 0 Å². The molecule has 70 heavy (non-hydrogen) atoms. The van der Waals surface area contributed by atoms with Gasteiger partial charge in [-0.05, 0) is 19.3 Å². The molecule has 0 aliphatic carbocycles. The fourth-order valence-electron chi connectivity index (χ4n) is 10.0. The molecule has 0 aliphatic rings. The second-order valence-corrected chi connectivity index (χ2v) is 22.1. The molecule has 0 bridgehead atoms. The molecular weight excluding hydrogens is 865 g/mol. The molecule has 0 radical (unpaired) electrons. The standard InChI is InChI=1S/C64H124O6/c1-4-7-10-13-15-17-19-21-23-25-26-27-28-29-30-31-32-33-34-35-36-37-39-40-42-44-46-48-51-54-57-63(66)69-60-61(59-68-62(65)56-53-50-12-9-6-3)70-64(67)58-55-52-49-47-45-43-41-38-24-22-20-18-16-14-11-8-5-2/h61H,4-60H2,1-3H3. The molecule has 0 fully saturated rings. The predicted molar refractivity (Wildman–Crippen MR) is 303 cm³/mol. The first-order chi connectivity index (χ1) is 34.5. The predicted octanol–water partition coefficient (Wildman–Crippen LogP) is 21.5. The summed E-state index contributed by atoms with van der Waals surface area (Å²) < 4.78 is 16.8. The Morgan fingerprint density at radius 2 is 0.386 bits per heavy atom. The van der Waals surface area contributed by atoms with Gasteiger partial charge in [0.25, 0.3) is 0 Å². The number of esters is 3. The summed E-state index contributed by atoms with van der Waals surface area (Å²) in [6.07, 6.45) is 68.9. The Labute approximate surface area is 438 Å². The zero-order valence-corrected chi connectivity index (χ0v) is 47.8. The van der Waals surface area contributed by atoms with E-state index in [1.165, 1.54) is 270 Å². The molecule has 1 unspecified atom stereocenters. The Kier molecular flexibility index (Phi) is 58.6. The smallest absolute Gasteiger partial charge is 0.306 e. The Bertz CT molecular complexity index is 1040. The second-order valence-electron chi connectivity index (χ2n) is 22.1. The molecule has 6 heteroatoms. The average molecular weight is 990 g/mol. The summed E-state index contributed by atoms with van der Waals surface area (Å²) in [5.74, 6) is -0.849. The van der Waals surface area contributed by atoms with E-state index in [0.29, 0.717) is 19.3 Å². The van der Waals surface area contributed by atoms with E-state index in [1.807, 2.05) is 0 Å². The minimum atomic E-state index is -0.760. The van der Waals surface area contributed by atoms with E-state index in [2.05, 4.69) is 20.8 Å². The zero-order valence-electron chi connectivity index (χ0n) is 47.8. The van der Waals surface area contributed by atoms with E-state index in [0.717, 1.165) is 64.2 Å². The molecule has 0 aliphatic heterocycles. The van der Waals surface area contributed by atoms with E-state index in [9.17, 15) is 14.4 Å². The van der Waals surface area contributed by atoms with Crippen molar-refractivity contribution in [1.82, 2.24) is 0 Å². The summed E-state index contributed by atoms with van der Waals surface area (Å²) in [5, 5.41) is 0. The van der Waals surface area contributed by atoms with Crippen LogP contribution in [0.3, 0.4) is 0 Å². The maximum atomic E-state index is 12.8. The van der Waals surface area contributed by atoms with Crippen LogP contribution in [0, 0.1) is 0 Å². The van der Waals surface area contributed by atoms with Gasteiger partial charge in [0, 0.05) is 19.3 Å². The third kappa shape index (κ3) is 57.3. The summed E-state index contributed by atoms with van der Waals surface area (Å²) in [5.41, 5.74) is 0. The minimum absolute atomic E-state index is 0.0625. The molecule has 0 rings (SSSR count). The van der Waals surface area contributed by atoms with Gasteiger partial charge in [-0.2, -0.15) is 0 Å². The number of rotatable bonds is 60. The minimum Gasteiger partial charge on any atom is -0.462 e. The van der Waals surface area contributed by atoms with E-state index in [4.69, 9.17) is 14.2 Å². The first kappa shape index (κ1) is 68.4. The van der Waals surface area contributed by atoms with Gasteiger partial charge in [-0.3, -0.25) is 14.4 Å². The van der Waals surface area contributed by atoms with Crippen molar-refractivity contribution < 1.29 is 28.6 Å². The summed E-state index contributed by atoms with van der Waals surface area (Å²) in [4.78, 5) is 37.8. The summed E-state index contributed by atoms with van der Waals surface area (Å²) in [6.45, 7) is 6.63. The van der Waals surface area contributed by atoms with Crippen molar-refractivity contribution >= 4 is 17.9 Å². The van der Waals surface area contributed by atoms with Gasteiger partial charge in [0.15, 0.2) is 6.10 Å². The fraction of sp³-hybridized carbons (Fsp3) is 0.953. The molecule has 1 atom stereocenters. The molecule has 416 valence electrons. The Balaban J connectivity index is 3.89. The van der Waals surface area contributed by atoms with Gasteiger partial charge in [0.2, 0.25) is 0 Å². The number of hydrogen-bond acceptors (Lipinski definition) is 6. The van der Waals surface area contributed by atoms with Crippen LogP contribution >= 0.6 is 0 Å². The van der Waals surface area contributed by atoms with E-state index in [-0.39, 0.29) is 31.1 Å². The van der Waals surface area contributed by atoms with Crippen LogP contribution in [0.2, 0.25) is 0 Å². The SMILES string of the molecule is CCCCCCCCCCCCCCCCCCCCCCCCCCCCCCCCC(=O)OCC(COC(=O)CCCCCCC)OC(=O)CCCCCCCCCCCCCCCCCCC.